The maximum Gasteiger partial charge on any atom is 0.149 e. The number of hydrogen-bond donors (Lipinski definition) is 3. The maximum absolute atomic E-state index is 5.67. The monoisotopic (exact) mass is 249 g/mol. The number of pyridine rings is 1. The minimum atomic E-state index is 0.402. The van der Waals surface area contributed by atoms with Crippen molar-refractivity contribution < 1.29 is 0 Å². The lowest BCUT2D eigenvalue weighted by Gasteiger charge is -2.28. The van der Waals surface area contributed by atoms with E-state index in [0.29, 0.717) is 11.5 Å². The van der Waals surface area contributed by atoms with Gasteiger partial charge in [0.05, 0.1) is 5.69 Å². The van der Waals surface area contributed by atoms with Crippen LogP contribution in [0.5, 0.6) is 0 Å². The zero-order valence-electron chi connectivity index (χ0n) is 11.0. The first kappa shape index (κ1) is 13.0. The Bertz CT molecular complexity index is 385. The van der Waals surface area contributed by atoms with Gasteiger partial charge in [0.15, 0.2) is 0 Å². The van der Waals surface area contributed by atoms with Gasteiger partial charge in [-0.15, -0.1) is 0 Å². The highest BCUT2D eigenvalue weighted by molar-refractivity contribution is 5.61. The molecule has 1 aromatic rings. The Kier molecular flexibility index (Phi) is 4.25. The van der Waals surface area contributed by atoms with Crippen LogP contribution in [-0.4, -0.2) is 36.6 Å². The third kappa shape index (κ3) is 3.50. The Hall–Kier alpha value is -1.49. The summed E-state index contributed by atoms with van der Waals surface area (Å²) < 4.78 is 0. The molecule has 2 rings (SSSR count). The summed E-state index contributed by atoms with van der Waals surface area (Å²) in [5, 5.41) is 3.31. The molecule has 5 nitrogen and oxygen atoms in total. The molecule has 100 valence electrons. The lowest BCUT2D eigenvalue weighted by Crippen LogP contribution is -2.30. The fraction of sp³-hybridized carbons (Fsp3) is 0.615. The van der Waals surface area contributed by atoms with Crippen molar-refractivity contribution in [1.82, 2.24) is 9.88 Å². The Morgan fingerprint density at radius 2 is 2.06 bits per heavy atom. The molecule has 1 fully saturated rings. The van der Waals surface area contributed by atoms with E-state index in [1.807, 2.05) is 6.07 Å². The summed E-state index contributed by atoms with van der Waals surface area (Å²) in [6.45, 7) is 3.39. The van der Waals surface area contributed by atoms with Crippen molar-refractivity contribution in [1.29, 1.82) is 0 Å². The zero-order valence-corrected chi connectivity index (χ0v) is 11.0. The van der Waals surface area contributed by atoms with Gasteiger partial charge in [-0.2, -0.15) is 0 Å². The van der Waals surface area contributed by atoms with E-state index in [4.69, 9.17) is 11.5 Å². The van der Waals surface area contributed by atoms with Crippen molar-refractivity contribution in [3.63, 3.8) is 0 Å². The number of nitrogens with one attached hydrogen (secondary N) is 1. The number of nitrogen functional groups attached to an aromatic ring is 2. The van der Waals surface area contributed by atoms with Gasteiger partial charge in [-0.3, -0.25) is 0 Å². The summed E-state index contributed by atoms with van der Waals surface area (Å²) in [5.41, 5.74) is 11.8. The van der Waals surface area contributed by atoms with Crippen LogP contribution in [-0.2, 0) is 0 Å². The number of aromatic nitrogens is 1. The van der Waals surface area contributed by atoms with Crippen molar-refractivity contribution in [2.24, 2.45) is 5.92 Å². The molecule has 0 aliphatic carbocycles. The van der Waals surface area contributed by atoms with Gasteiger partial charge in [-0.05, 0) is 57.5 Å². The van der Waals surface area contributed by atoms with Crippen LogP contribution in [0.25, 0.3) is 0 Å². The normalized spacial score (nSPS) is 17.8. The predicted octanol–water partition coefficient (Wildman–Crippen LogP) is 1.39. The van der Waals surface area contributed by atoms with E-state index in [1.165, 1.54) is 32.4 Å². The van der Waals surface area contributed by atoms with Crippen molar-refractivity contribution in [2.75, 3.05) is 43.5 Å². The minimum Gasteiger partial charge on any atom is -0.396 e. The fourth-order valence-corrected chi connectivity index (χ4v) is 2.34. The van der Waals surface area contributed by atoms with E-state index in [-0.39, 0.29) is 0 Å². The number of anilines is 3. The second-order valence-corrected chi connectivity index (χ2v) is 5.13. The molecule has 0 bridgehead atoms. The van der Waals surface area contributed by atoms with Gasteiger partial charge < -0.3 is 21.7 Å². The van der Waals surface area contributed by atoms with E-state index in [0.717, 1.165) is 18.3 Å². The van der Waals surface area contributed by atoms with Gasteiger partial charge in [-0.25, -0.2) is 4.98 Å². The number of rotatable bonds is 4. The van der Waals surface area contributed by atoms with Crippen molar-refractivity contribution in [2.45, 2.75) is 19.3 Å². The first-order valence-corrected chi connectivity index (χ1v) is 6.59. The first-order valence-electron chi connectivity index (χ1n) is 6.59. The second-order valence-electron chi connectivity index (χ2n) is 5.13. The molecule has 18 heavy (non-hydrogen) atoms. The molecule has 0 spiro atoms. The summed E-state index contributed by atoms with van der Waals surface area (Å²) >= 11 is 0. The van der Waals surface area contributed by atoms with Gasteiger partial charge in [0.2, 0.25) is 0 Å². The molecular weight excluding hydrogens is 226 g/mol. The van der Waals surface area contributed by atoms with Gasteiger partial charge >= 0.3 is 0 Å². The van der Waals surface area contributed by atoms with E-state index >= 15 is 0 Å². The molecule has 1 aliphatic heterocycles. The zero-order chi connectivity index (χ0) is 13.0. The number of nitrogens with zero attached hydrogens (tertiary/aromatic N) is 2. The predicted molar refractivity (Wildman–Crippen MR) is 76.4 cm³/mol. The Morgan fingerprint density at radius 3 is 2.72 bits per heavy atom. The molecule has 0 radical (unpaired) electrons. The summed E-state index contributed by atoms with van der Waals surface area (Å²) in [5.74, 6) is 2.05. The van der Waals surface area contributed by atoms with E-state index in [2.05, 4.69) is 22.2 Å². The largest absolute Gasteiger partial charge is 0.396 e. The SMILES string of the molecule is CN1CCC(CCNc2ccc(N)c(N)n2)CC1. The van der Waals surface area contributed by atoms with E-state index < -0.39 is 0 Å². The summed E-state index contributed by atoms with van der Waals surface area (Å²) in [4.78, 5) is 6.60. The fourth-order valence-electron chi connectivity index (χ4n) is 2.34. The summed E-state index contributed by atoms with van der Waals surface area (Å²) in [7, 11) is 2.19. The molecular formula is C13H23N5. The van der Waals surface area contributed by atoms with Gasteiger partial charge in [0.25, 0.3) is 0 Å². The molecule has 0 aromatic carbocycles. The number of nitrogens with two attached hydrogens (primary N) is 2. The molecule has 5 N–H and O–H groups in total. The molecule has 5 heteroatoms. The lowest BCUT2D eigenvalue weighted by atomic mass is 9.94. The molecule has 0 atom stereocenters. The molecule has 1 aromatic heterocycles. The van der Waals surface area contributed by atoms with Gasteiger partial charge in [-0.1, -0.05) is 0 Å². The second kappa shape index (κ2) is 5.91. The van der Waals surface area contributed by atoms with Crippen LogP contribution in [0.1, 0.15) is 19.3 Å². The quantitative estimate of drug-likeness (QED) is 0.751. The minimum absolute atomic E-state index is 0.402. The van der Waals surface area contributed by atoms with E-state index in [9.17, 15) is 0 Å². The highest BCUT2D eigenvalue weighted by atomic mass is 15.1. The van der Waals surface area contributed by atoms with Crippen molar-refractivity contribution in [3.05, 3.63) is 12.1 Å². The smallest absolute Gasteiger partial charge is 0.149 e. The lowest BCUT2D eigenvalue weighted by molar-refractivity contribution is 0.215. The topological polar surface area (TPSA) is 80.2 Å². The van der Waals surface area contributed by atoms with Crippen LogP contribution < -0.4 is 16.8 Å². The molecule has 0 amide bonds. The first-order chi connectivity index (χ1) is 8.65. The van der Waals surface area contributed by atoms with Crippen molar-refractivity contribution >= 4 is 17.3 Å². The van der Waals surface area contributed by atoms with Crippen LogP contribution in [0.2, 0.25) is 0 Å². The van der Waals surface area contributed by atoms with Crippen LogP contribution in [0.15, 0.2) is 12.1 Å². The Labute approximate surface area is 109 Å². The van der Waals surface area contributed by atoms with Gasteiger partial charge in [0.1, 0.15) is 11.6 Å². The number of hydrogen-bond acceptors (Lipinski definition) is 5. The van der Waals surface area contributed by atoms with Crippen LogP contribution in [0, 0.1) is 5.92 Å². The highest BCUT2D eigenvalue weighted by Crippen LogP contribution is 2.20. The van der Waals surface area contributed by atoms with Crippen molar-refractivity contribution in [3.8, 4) is 0 Å². The van der Waals surface area contributed by atoms with E-state index in [1.54, 1.807) is 6.07 Å². The maximum atomic E-state index is 5.67. The number of piperidine rings is 1. The standard InChI is InChI=1S/C13H23N5/c1-18-8-5-10(6-9-18)4-7-16-12-3-2-11(14)13(15)17-12/h2-3,10H,4-9,14H2,1H3,(H3,15,16,17). The third-order valence-electron chi connectivity index (χ3n) is 3.65. The average molecular weight is 249 g/mol. The molecule has 0 unspecified atom stereocenters. The highest BCUT2D eigenvalue weighted by Gasteiger charge is 2.15. The number of likely N-dealkylation sites (tertiary alicyclic amines) is 1. The Balaban J connectivity index is 1.73. The van der Waals surface area contributed by atoms with Crippen LogP contribution >= 0.6 is 0 Å². The van der Waals surface area contributed by atoms with Gasteiger partial charge in [0, 0.05) is 6.54 Å². The summed E-state index contributed by atoms with van der Waals surface area (Å²) in [6.07, 6.45) is 3.80. The molecule has 2 heterocycles. The van der Waals surface area contributed by atoms with Crippen LogP contribution in [0.3, 0.4) is 0 Å². The third-order valence-corrected chi connectivity index (χ3v) is 3.65. The Morgan fingerprint density at radius 1 is 1.33 bits per heavy atom. The average Bonchev–Trinajstić information content (AvgIpc) is 2.36. The summed E-state index contributed by atoms with van der Waals surface area (Å²) in [6, 6.07) is 3.67. The van der Waals surface area contributed by atoms with Crippen LogP contribution in [0.4, 0.5) is 17.3 Å². The molecule has 1 aliphatic rings. The molecule has 0 saturated carbocycles. The molecule has 1 saturated heterocycles.